The summed E-state index contributed by atoms with van der Waals surface area (Å²) in [6.45, 7) is 12.2. The molecule has 5 aliphatic carbocycles. The smallest absolute Gasteiger partial charge is 0.168 e. The molecule has 0 aromatic rings. The molecule has 3 fully saturated rings. The number of fused-ring (bicyclic) bond motifs is 6. The summed E-state index contributed by atoms with van der Waals surface area (Å²) in [5.41, 5.74) is 3.96. The third kappa shape index (κ3) is 2.64. The Balaban J connectivity index is 1.36. The highest BCUT2D eigenvalue weighted by atomic mass is 28.2. The van der Waals surface area contributed by atoms with Crippen LogP contribution in [0.4, 0.5) is 0 Å². The Morgan fingerprint density at radius 1 is 1.18 bits per heavy atom. The Kier molecular flexibility index (Phi) is 4.39. The number of Topliss-reactive ketones (excluding diaryl/α,β-unsaturated/α-hetero) is 1. The maximum absolute atomic E-state index is 12.0. The molecule has 3 heteroatoms. The van der Waals surface area contributed by atoms with Crippen LogP contribution in [0.3, 0.4) is 0 Å². The van der Waals surface area contributed by atoms with Crippen molar-refractivity contribution in [3.8, 4) is 0 Å². The van der Waals surface area contributed by atoms with Crippen LogP contribution in [-0.4, -0.2) is 21.1 Å². The van der Waals surface area contributed by atoms with Gasteiger partial charge in [0.05, 0.1) is 5.60 Å². The maximum atomic E-state index is 12.0. The summed E-state index contributed by atoms with van der Waals surface area (Å²) < 4.78 is 7.05. The first kappa shape index (κ1) is 19.5. The molecular weight excluding hydrogens is 360 g/mol. The van der Waals surface area contributed by atoms with Crippen molar-refractivity contribution in [3.63, 3.8) is 0 Å². The second kappa shape index (κ2) is 6.29. The Morgan fingerprint density at radius 2 is 1.96 bits per heavy atom. The van der Waals surface area contributed by atoms with Gasteiger partial charge in [-0.05, 0) is 85.0 Å². The van der Waals surface area contributed by atoms with Crippen LogP contribution in [0.5, 0.6) is 0 Å². The number of hydrogen-bond donors (Lipinski definition) is 0. The first-order chi connectivity index (χ1) is 13.2. The molecule has 0 heterocycles. The zero-order chi connectivity index (χ0) is 19.9. The molecule has 0 saturated heterocycles. The van der Waals surface area contributed by atoms with E-state index in [4.69, 9.17) is 4.43 Å². The Hall–Kier alpha value is -0.413. The van der Waals surface area contributed by atoms with E-state index in [0.29, 0.717) is 22.2 Å². The van der Waals surface area contributed by atoms with Gasteiger partial charge in [-0.15, -0.1) is 0 Å². The summed E-state index contributed by atoms with van der Waals surface area (Å²) in [5, 5.41) is 0.396. The lowest BCUT2D eigenvalue weighted by Gasteiger charge is -2.54. The predicted octanol–water partition coefficient (Wildman–Crippen LogP) is 5.60. The third-order valence-electron chi connectivity index (χ3n) is 10.4. The van der Waals surface area contributed by atoms with E-state index in [1.54, 1.807) is 11.1 Å². The van der Waals surface area contributed by atoms with E-state index in [1.807, 2.05) is 0 Å². The summed E-state index contributed by atoms with van der Waals surface area (Å²) in [7, 11) is -0.535. The van der Waals surface area contributed by atoms with Gasteiger partial charge >= 0.3 is 0 Å². The topological polar surface area (TPSA) is 26.3 Å². The van der Waals surface area contributed by atoms with E-state index >= 15 is 0 Å². The quantitative estimate of drug-likeness (QED) is 0.454. The molecule has 6 atom stereocenters. The summed E-state index contributed by atoms with van der Waals surface area (Å²) in [6, 6.07) is 0. The van der Waals surface area contributed by atoms with Crippen LogP contribution in [-0.2, 0) is 9.22 Å². The zero-order valence-corrected chi connectivity index (χ0v) is 20.2. The Bertz CT molecular complexity index is 722. The number of hydrogen-bond acceptors (Lipinski definition) is 2. The number of allylic oxidation sites excluding steroid dienone is 2. The van der Waals surface area contributed by atoms with Crippen LogP contribution in [0.25, 0.3) is 0 Å². The van der Waals surface area contributed by atoms with Gasteiger partial charge in [0.2, 0.25) is 0 Å². The molecule has 0 aromatic heterocycles. The van der Waals surface area contributed by atoms with Gasteiger partial charge in [0.15, 0.2) is 9.76 Å². The van der Waals surface area contributed by atoms with Crippen molar-refractivity contribution in [2.45, 2.75) is 103 Å². The average Bonchev–Trinajstić information content (AvgIpc) is 3.30. The van der Waals surface area contributed by atoms with Crippen molar-refractivity contribution in [3.05, 3.63) is 11.1 Å². The third-order valence-corrected chi connectivity index (χ3v) is 12.6. The zero-order valence-electron chi connectivity index (χ0n) is 18.8. The normalized spacial score (nSPS) is 45.3. The molecule has 28 heavy (non-hydrogen) atoms. The van der Waals surface area contributed by atoms with Gasteiger partial charge < -0.3 is 4.43 Å². The molecule has 0 amide bonds. The van der Waals surface area contributed by atoms with Crippen LogP contribution in [0.2, 0.25) is 5.04 Å². The average molecular weight is 401 g/mol. The van der Waals surface area contributed by atoms with Crippen LogP contribution < -0.4 is 0 Å². The molecule has 5 aliphatic rings. The fourth-order valence-corrected chi connectivity index (χ4v) is 9.39. The number of ketones is 1. The fourth-order valence-electron chi connectivity index (χ4n) is 7.74. The van der Waals surface area contributed by atoms with Gasteiger partial charge in [-0.1, -0.05) is 45.8 Å². The van der Waals surface area contributed by atoms with Crippen LogP contribution in [0, 0.1) is 35.0 Å². The Morgan fingerprint density at radius 3 is 2.71 bits per heavy atom. The minimum absolute atomic E-state index is 0.248. The molecular formula is C25H40O2Si. The van der Waals surface area contributed by atoms with Gasteiger partial charge in [-0.25, -0.2) is 0 Å². The van der Waals surface area contributed by atoms with Crippen molar-refractivity contribution >= 4 is 15.5 Å². The minimum Gasteiger partial charge on any atom is -0.417 e. The van der Waals surface area contributed by atoms with Crippen molar-refractivity contribution in [1.29, 1.82) is 0 Å². The molecule has 0 unspecified atom stereocenters. The molecule has 0 aromatic carbocycles. The number of carbonyl (C=O) groups excluding carboxylic acids is 1. The lowest BCUT2D eigenvalue weighted by atomic mass is 9.53. The first-order valence-corrected chi connectivity index (χ1v) is 13.3. The number of rotatable bonds is 4. The molecule has 0 N–H and O–H groups in total. The summed E-state index contributed by atoms with van der Waals surface area (Å²) >= 11 is 0. The van der Waals surface area contributed by atoms with Crippen molar-refractivity contribution in [1.82, 2.24) is 0 Å². The molecule has 0 radical (unpaired) electrons. The van der Waals surface area contributed by atoms with E-state index in [9.17, 15) is 4.79 Å². The fraction of sp³-hybridized carbons (Fsp3) is 0.880. The molecule has 0 aliphatic heterocycles. The van der Waals surface area contributed by atoms with E-state index < -0.39 is 9.76 Å². The SMILES string of the molecule is CC(C)C(C)(C)[SiH2]O[C@@]12C[C@@H]1C[C@H]1[C@@H]3CCC4=C(CCC(=O)C4)[C@H]3CC[C@@]12C. The number of carbonyl (C=O) groups is 1. The van der Waals surface area contributed by atoms with Crippen molar-refractivity contribution in [2.75, 3.05) is 0 Å². The van der Waals surface area contributed by atoms with Gasteiger partial charge in [-0.2, -0.15) is 0 Å². The predicted molar refractivity (Wildman–Crippen MR) is 117 cm³/mol. The van der Waals surface area contributed by atoms with Crippen molar-refractivity contribution < 1.29 is 9.22 Å². The molecule has 156 valence electrons. The van der Waals surface area contributed by atoms with Crippen LogP contribution in [0.1, 0.15) is 92.4 Å². The maximum Gasteiger partial charge on any atom is 0.168 e. The first-order valence-electron chi connectivity index (χ1n) is 12.0. The standard InChI is InChI=1S/C25H40O2Si/c1-15(2)23(3,4)28-27-25-14-17(25)13-22-21-8-6-16-12-18(26)7-9-19(16)20(21)10-11-24(22,25)5/h15,17,20-22H,6-14,28H2,1-5H3/t17-,20+,21+,22-,24-,25-/m0/s1. The summed E-state index contributed by atoms with van der Waals surface area (Å²) in [5.74, 6) is 4.59. The summed E-state index contributed by atoms with van der Waals surface area (Å²) in [6.07, 6.45) is 10.7. The minimum atomic E-state index is -0.535. The van der Waals surface area contributed by atoms with Gasteiger partial charge in [-0.3, -0.25) is 4.79 Å². The molecule has 2 nitrogen and oxygen atoms in total. The van der Waals surface area contributed by atoms with E-state index in [0.717, 1.165) is 42.9 Å². The lowest BCUT2D eigenvalue weighted by molar-refractivity contribution is -0.119. The largest absolute Gasteiger partial charge is 0.417 e. The van der Waals surface area contributed by atoms with Gasteiger partial charge in [0.25, 0.3) is 0 Å². The second-order valence-electron chi connectivity index (χ2n) is 12.2. The molecule has 0 bridgehead atoms. The van der Waals surface area contributed by atoms with E-state index in [-0.39, 0.29) is 5.60 Å². The van der Waals surface area contributed by atoms with E-state index in [2.05, 4.69) is 34.6 Å². The van der Waals surface area contributed by atoms with E-state index in [1.165, 1.54) is 38.5 Å². The highest BCUT2D eigenvalue weighted by molar-refractivity contribution is 6.32. The lowest BCUT2D eigenvalue weighted by Crippen LogP contribution is -2.49. The molecule has 3 saturated carbocycles. The Labute approximate surface area is 174 Å². The summed E-state index contributed by atoms with van der Waals surface area (Å²) in [4.78, 5) is 12.0. The molecule has 0 spiro atoms. The second-order valence-corrected chi connectivity index (χ2v) is 14.6. The van der Waals surface area contributed by atoms with Gasteiger partial charge in [0.1, 0.15) is 5.78 Å². The molecule has 5 rings (SSSR count). The van der Waals surface area contributed by atoms with Crippen LogP contribution >= 0.6 is 0 Å². The monoisotopic (exact) mass is 400 g/mol. The highest BCUT2D eigenvalue weighted by Gasteiger charge is 2.75. The van der Waals surface area contributed by atoms with Gasteiger partial charge in [0, 0.05) is 12.8 Å². The van der Waals surface area contributed by atoms with Crippen LogP contribution in [0.15, 0.2) is 11.1 Å². The van der Waals surface area contributed by atoms with Crippen molar-refractivity contribution in [2.24, 2.45) is 35.0 Å². The highest BCUT2D eigenvalue weighted by Crippen LogP contribution is 2.76.